The number of fused-ring (bicyclic) bond motifs is 2. The fraction of sp³-hybridized carbons (Fsp3) is 0.464. The molecule has 3 aliphatic rings. The van der Waals surface area contributed by atoms with Gasteiger partial charge < -0.3 is 29.4 Å². The van der Waals surface area contributed by atoms with E-state index in [1.807, 2.05) is 19.0 Å². The van der Waals surface area contributed by atoms with E-state index < -0.39 is 17.4 Å². The third kappa shape index (κ3) is 4.39. The molecule has 11 heteroatoms. The first-order chi connectivity index (χ1) is 18.5. The molecule has 2 fully saturated rings. The molecule has 3 aliphatic heterocycles. The van der Waals surface area contributed by atoms with Gasteiger partial charge in [0.05, 0.1) is 17.1 Å². The number of carbonyl (C=O) groups excluding carboxylic acids is 2. The van der Waals surface area contributed by atoms with Crippen LogP contribution >= 0.6 is 11.6 Å². The fourth-order valence-corrected chi connectivity index (χ4v) is 6.51. The monoisotopic (exact) mass is 557 g/mol. The van der Waals surface area contributed by atoms with Crippen LogP contribution in [-0.2, 0) is 4.79 Å². The quantitative estimate of drug-likeness (QED) is 0.576. The number of halogens is 2. The second kappa shape index (κ2) is 9.98. The normalized spacial score (nSPS) is 22.3. The molecule has 0 unspecified atom stereocenters. The molecule has 0 bridgehead atoms. The standard InChI is InChI=1S/C28H33ClFN5O4/c1-6-20(37)33-12-13-34-16(14-33)15-39-25-22(27(34)38)26(35-11-10-19(32(4)5)28(35,2)3)31-24(23(25)29)21-17(30)8-7-9-18(21)36/h6-9,16,19,36H,1,10-15H2,2-5H3/t16-,19+/m1/s1. The van der Waals surface area contributed by atoms with E-state index in [4.69, 9.17) is 21.3 Å². The number of phenolic OH excluding ortho intramolecular Hbond substituents is 1. The molecule has 2 aromatic rings. The van der Waals surface area contributed by atoms with Crippen LogP contribution in [0.15, 0.2) is 30.9 Å². The highest BCUT2D eigenvalue weighted by Crippen LogP contribution is 2.48. The third-order valence-electron chi connectivity index (χ3n) is 8.18. The number of rotatable bonds is 4. The maximum Gasteiger partial charge on any atom is 0.261 e. The van der Waals surface area contributed by atoms with E-state index in [1.54, 1.807) is 9.80 Å². The summed E-state index contributed by atoms with van der Waals surface area (Å²) in [6, 6.07) is 3.71. The summed E-state index contributed by atoms with van der Waals surface area (Å²) >= 11 is 6.83. The van der Waals surface area contributed by atoms with E-state index in [1.165, 1.54) is 24.3 Å². The van der Waals surface area contributed by atoms with E-state index in [2.05, 4.69) is 25.3 Å². The zero-order valence-corrected chi connectivity index (χ0v) is 23.3. The predicted molar refractivity (Wildman–Crippen MR) is 147 cm³/mol. The summed E-state index contributed by atoms with van der Waals surface area (Å²) in [5.41, 5.74) is -0.402. The van der Waals surface area contributed by atoms with E-state index in [0.29, 0.717) is 25.5 Å². The molecule has 4 heterocycles. The summed E-state index contributed by atoms with van der Waals surface area (Å²) in [5, 5.41) is 10.6. The number of likely N-dealkylation sites (N-methyl/N-ethyl adjacent to an activating group) is 1. The lowest BCUT2D eigenvalue weighted by Crippen LogP contribution is -2.57. The number of aromatic nitrogens is 1. The molecule has 39 heavy (non-hydrogen) atoms. The predicted octanol–water partition coefficient (Wildman–Crippen LogP) is 3.40. The Balaban J connectivity index is 1.70. The van der Waals surface area contributed by atoms with Crippen molar-refractivity contribution in [1.82, 2.24) is 19.7 Å². The van der Waals surface area contributed by atoms with Crippen LogP contribution in [0.1, 0.15) is 30.6 Å². The molecule has 0 saturated carbocycles. The number of aromatic hydroxyl groups is 1. The molecule has 0 aliphatic carbocycles. The van der Waals surface area contributed by atoms with Gasteiger partial charge in [-0.3, -0.25) is 9.59 Å². The van der Waals surface area contributed by atoms with Crippen molar-refractivity contribution in [3.8, 4) is 22.8 Å². The summed E-state index contributed by atoms with van der Waals surface area (Å²) in [6.07, 6.45) is 2.08. The van der Waals surface area contributed by atoms with Crippen LogP contribution in [0.2, 0.25) is 5.02 Å². The molecule has 0 radical (unpaired) electrons. The molecule has 2 amide bonds. The van der Waals surface area contributed by atoms with E-state index >= 15 is 4.39 Å². The zero-order valence-electron chi connectivity index (χ0n) is 22.6. The van der Waals surface area contributed by atoms with Gasteiger partial charge in [0.2, 0.25) is 5.91 Å². The number of piperazine rings is 1. The Morgan fingerprint density at radius 3 is 2.67 bits per heavy atom. The number of amides is 2. The average Bonchev–Trinajstić information content (AvgIpc) is 3.13. The van der Waals surface area contributed by atoms with Crippen LogP contribution in [0.5, 0.6) is 11.5 Å². The number of carbonyl (C=O) groups is 2. The fourth-order valence-electron chi connectivity index (χ4n) is 6.23. The third-order valence-corrected chi connectivity index (χ3v) is 8.53. The minimum atomic E-state index is -0.696. The van der Waals surface area contributed by atoms with E-state index in [9.17, 15) is 14.7 Å². The first kappa shape index (κ1) is 27.2. The maximum atomic E-state index is 15.1. The number of ether oxygens (including phenoxy) is 1. The topological polar surface area (TPSA) is 89.5 Å². The van der Waals surface area contributed by atoms with Crippen molar-refractivity contribution >= 4 is 29.2 Å². The smallest absolute Gasteiger partial charge is 0.261 e. The first-order valence-electron chi connectivity index (χ1n) is 13.0. The first-order valence-corrected chi connectivity index (χ1v) is 13.4. The van der Waals surface area contributed by atoms with Crippen LogP contribution < -0.4 is 9.64 Å². The Bertz CT molecular complexity index is 1330. The number of phenols is 1. The lowest BCUT2D eigenvalue weighted by atomic mass is 9.94. The lowest BCUT2D eigenvalue weighted by molar-refractivity contribution is -0.128. The van der Waals surface area contributed by atoms with Gasteiger partial charge in [-0.15, -0.1) is 0 Å². The maximum absolute atomic E-state index is 15.1. The molecule has 1 N–H and O–H groups in total. The van der Waals surface area contributed by atoms with Gasteiger partial charge >= 0.3 is 0 Å². The molecule has 9 nitrogen and oxygen atoms in total. The Morgan fingerprint density at radius 1 is 1.28 bits per heavy atom. The van der Waals surface area contributed by atoms with Crippen molar-refractivity contribution in [3.05, 3.63) is 47.3 Å². The number of nitrogens with zero attached hydrogens (tertiary/aromatic N) is 5. The van der Waals surface area contributed by atoms with Crippen molar-refractivity contribution in [2.75, 3.05) is 51.8 Å². The largest absolute Gasteiger partial charge is 0.507 e. The Morgan fingerprint density at radius 2 is 2.03 bits per heavy atom. The number of anilines is 1. The van der Waals surface area contributed by atoms with Crippen LogP contribution in [0.4, 0.5) is 10.2 Å². The van der Waals surface area contributed by atoms with Gasteiger partial charge in [-0.25, -0.2) is 9.37 Å². The highest BCUT2D eigenvalue weighted by atomic mass is 35.5. The highest BCUT2D eigenvalue weighted by molar-refractivity contribution is 6.35. The molecular formula is C28H33ClFN5O4. The summed E-state index contributed by atoms with van der Waals surface area (Å²) in [6.45, 7) is 9.35. The summed E-state index contributed by atoms with van der Waals surface area (Å²) < 4.78 is 21.3. The summed E-state index contributed by atoms with van der Waals surface area (Å²) in [4.78, 5) is 38.8. The number of hydrogen-bond acceptors (Lipinski definition) is 7. The molecule has 208 valence electrons. The number of benzene rings is 1. The van der Waals surface area contributed by atoms with Gasteiger partial charge in [-0.1, -0.05) is 24.2 Å². The summed E-state index contributed by atoms with van der Waals surface area (Å²) in [5.74, 6) is -1.11. The Kier molecular flexibility index (Phi) is 6.97. The molecular weight excluding hydrogens is 525 g/mol. The van der Waals surface area contributed by atoms with Crippen LogP contribution in [0, 0.1) is 5.82 Å². The molecule has 5 rings (SSSR count). The number of pyridine rings is 1. The van der Waals surface area contributed by atoms with Crippen molar-refractivity contribution < 1.29 is 23.8 Å². The van der Waals surface area contributed by atoms with Gasteiger partial charge in [0.1, 0.15) is 40.3 Å². The molecule has 0 spiro atoms. The molecule has 2 saturated heterocycles. The van der Waals surface area contributed by atoms with Gasteiger partial charge in [-0.05, 0) is 52.6 Å². The van der Waals surface area contributed by atoms with Crippen LogP contribution in [0.25, 0.3) is 11.3 Å². The average molecular weight is 558 g/mol. The van der Waals surface area contributed by atoms with Crippen molar-refractivity contribution in [2.45, 2.75) is 37.9 Å². The summed E-state index contributed by atoms with van der Waals surface area (Å²) in [7, 11) is 4.02. The van der Waals surface area contributed by atoms with Crippen LogP contribution in [-0.4, -0.2) is 101 Å². The van der Waals surface area contributed by atoms with Crippen LogP contribution in [0.3, 0.4) is 0 Å². The Hall–Kier alpha value is -3.37. The van der Waals surface area contributed by atoms with Gasteiger partial charge in [0.15, 0.2) is 5.75 Å². The van der Waals surface area contributed by atoms with Gasteiger partial charge in [0.25, 0.3) is 5.91 Å². The minimum absolute atomic E-state index is 0.00116. The second-order valence-electron chi connectivity index (χ2n) is 11.0. The Labute approximate surface area is 232 Å². The second-order valence-corrected chi connectivity index (χ2v) is 11.3. The molecule has 2 atom stereocenters. The number of hydrogen-bond donors (Lipinski definition) is 1. The van der Waals surface area contributed by atoms with Crippen molar-refractivity contribution in [1.29, 1.82) is 0 Å². The minimum Gasteiger partial charge on any atom is -0.507 e. The van der Waals surface area contributed by atoms with Crippen molar-refractivity contribution in [2.24, 2.45) is 0 Å². The van der Waals surface area contributed by atoms with E-state index in [0.717, 1.165) is 6.42 Å². The zero-order chi connectivity index (χ0) is 28.2. The molecule has 1 aromatic carbocycles. The molecule has 1 aromatic heterocycles. The van der Waals surface area contributed by atoms with Gasteiger partial charge in [-0.2, -0.15) is 0 Å². The SMILES string of the molecule is C=CC(=O)N1CCN2C(=O)c3c(N4CC[C@H](N(C)C)C4(C)C)nc(-c4c(O)cccc4F)c(Cl)c3OC[C@H]2C1. The van der Waals surface area contributed by atoms with E-state index in [-0.39, 0.29) is 64.4 Å². The van der Waals surface area contributed by atoms with Gasteiger partial charge in [0, 0.05) is 32.2 Å². The highest BCUT2D eigenvalue weighted by Gasteiger charge is 2.47. The van der Waals surface area contributed by atoms with Crippen molar-refractivity contribution in [3.63, 3.8) is 0 Å². The lowest BCUT2D eigenvalue weighted by Gasteiger charge is -2.41.